The first kappa shape index (κ1) is 17.1. The molecule has 0 saturated heterocycles. The maximum absolute atomic E-state index is 5.93. The Hall–Kier alpha value is -2.37. The van der Waals surface area contributed by atoms with E-state index in [4.69, 9.17) is 23.8 Å². The zero-order chi connectivity index (χ0) is 18.1. The molecule has 1 aromatic heterocycles. The van der Waals surface area contributed by atoms with Crippen molar-refractivity contribution in [1.29, 1.82) is 0 Å². The van der Waals surface area contributed by atoms with Crippen LogP contribution in [0.2, 0.25) is 5.02 Å². The molecule has 0 saturated carbocycles. The minimum atomic E-state index is 0.337. The summed E-state index contributed by atoms with van der Waals surface area (Å²) >= 11 is 11.6. The minimum Gasteiger partial charge on any atom is -0.315 e. The molecule has 2 aromatic carbocycles. The molecule has 1 atom stereocenters. The van der Waals surface area contributed by atoms with E-state index in [2.05, 4.69) is 40.4 Å². The van der Waals surface area contributed by atoms with Gasteiger partial charge < -0.3 is 10.2 Å². The monoisotopic (exact) mass is 382 g/mol. The third kappa shape index (κ3) is 3.45. The molecule has 1 N–H and O–H groups in total. The molecule has 6 heteroatoms. The number of fused-ring (bicyclic) bond motifs is 1. The Labute approximate surface area is 163 Å². The minimum absolute atomic E-state index is 0.337. The van der Waals surface area contributed by atoms with Gasteiger partial charge in [-0.25, -0.2) is 0 Å². The lowest BCUT2D eigenvalue weighted by atomic mass is 10.1. The second-order valence-electron chi connectivity index (χ2n) is 6.51. The van der Waals surface area contributed by atoms with Crippen LogP contribution in [0, 0.1) is 0 Å². The maximum Gasteiger partial charge on any atom is 0.179 e. The summed E-state index contributed by atoms with van der Waals surface area (Å²) in [6, 6.07) is 18.5. The highest BCUT2D eigenvalue weighted by molar-refractivity contribution is 7.80. The summed E-state index contributed by atoms with van der Waals surface area (Å²) in [7, 11) is 0. The van der Waals surface area contributed by atoms with Gasteiger partial charge in [0.2, 0.25) is 0 Å². The predicted molar refractivity (Wildman–Crippen MR) is 111 cm³/mol. The van der Waals surface area contributed by atoms with E-state index < -0.39 is 0 Å². The van der Waals surface area contributed by atoms with E-state index in [1.165, 1.54) is 11.3 Å². The van der Waals surface area contributed by atoms with Crippen LogP contribution in [-0.4, -0.2) is 20.9 Å². The van der Waals surface area contributed by atoms with Crippen LogP contribution in [0.1, 0.15) is 18.1 Å². The SMILES string of the molecule is C[C@H]1Cc2ccccc2N1C(=S)Nc1ccn(Cc2ccc(Cl)cc2)n1. The van der Waals surface area contributed by atoms with Crippen LogP contribution >= 0.6 is 23.8 Å². The smallest absolute Gasteiger partial charge is 0.179 e. The highest BCUT2D eigenvalue weighted by atomic mass is 35.5. The number of rotatable bonds is 3. The first-order valence-electron chi connectivity index (χ1n) is 8.56. The van der Waals surface area contributed by atoms with Crippen LogP contribution in [0.15, 0.2) is 60.8 Å². The molecule has 1 aliphatic heterocycles. The summed E-state index contributed by atoms with van der Waals surface area (Å²) in [6.07, 6.45) is 2.95. The van der Waals surface area contributed by atoms with Crippen molar-refractivity contribution in [1.82, 2.24) is 9.78 Å². The zero-order valence-corrected chi connectivity index (χ0v) is 16.0. The summed E-state index contributed by atoms with van der Waals surface area (Å²) < 4.78 is 1.88. The summed E-state index contributed by atoms with van der Waals surface area (Å²) in [6.45, 7) is 2.88. The van der Waals surface area contributed by atoms with Gasteiger partial charge in [0.15, 0.2) is 10.9 Å². The van der Waals surface area contributed by atoms with Gasteiger partial charge in [-0.3, -0.25) is 4.68 Å². The van der Waals surface area contributed by atoms with Crippen molar-refractivity contribution >= 4 is 40.4 Å². The zero-order valence-electron chi connectivity index (χ0n) is 14.4. The van der Waals surface area contributed by atoms with Crippen LogP contribution in [0.5, 0.6) is 0 Å². The Morgan fingerprint density at radius 2 is 1.96 bits per heavy atom. The van der Waals surface area contributed by atoms with E-state index in [0.717, 1.165) is 22.8 Å². The van der Waals surface area contributed by atoms with Crippen LogP contribution in [0.3, 0.4) is 0 Å². The quantitative estimate of drug-likeness (QED) is 0.664. The highest BCUT2D eigenvalue weighted by Gasteiger charge is 2.28. The number of hydrogen-bond acceptors (Lipinski definition) is 2. The molecule has 4 nitrogen and oxygen atoms in total. The normalized spacial score (nSPS) is 15.8. The van der Waals surface area contributed by atoms with Crippen LogP contribution in [-0.2, 0) is 13.0 Å². The Balaban J connectivity index is 1.46. The fourth-order valence-electron chi connectivity index (χ4n) is 3.34. The van der Waals surface area contributed by atoms with Gasteiger partial charge in [-0.05, 0) is 54.9 Å². The summed E-state index contributed by atoms with van der Waals surface area (Å²) in [5.41, 5.74) is 3.66. The van der Waals surface area contributed by atoms with E-state index >= 15 is 0 Å². The van der Waals surface area contributed by atoms with Gasteiger partial charge in [0.05, 0.1) is 6.54 Å². The van der Waals surface area contributed by atoms with E-state index in [-0.39, 0.29) is 0 Å². The number of halogens is 1. The average Bonchev–Trinajstić information content (AvgIpc) is 3.19. The summed E-state index contributed by atoms with van der Waals surface area (Å²) in [4.78, 5) is 2.17. The van der Waals surface area contributed by atoms with Crippen molar-refractivity contribution in [2.75, 3.05) is 10.2 Å². The van der Waals surface area contributed by atoms with Crippen LogP contribution in [0.25, 0.3) is 0 Å². The van der Waals surface area contributed by atoms with E-state index in [9.17, 15) is 0 Å². The molecular weight excluding hydrogens is 364 g/mol. The lowest BCUT2D eigenvalue weighted by Crippen LogP contribution is -2.38. The summed E-state index contributed by atoms with van der Waals surface area (Å²) in [5.74, 6) is 0.751. The first-order chi connectivity index (χ1) is 12.6. The molecule has 1 aliphatic rings. The number of hydrogen-bond donors (Lipinski definition) is 1. The second kappa shape index (κ2) is 7.09. The van der Waals surface area contributed by atoms with E-state index in [1.54, 1.807) is 0 Å². The summed E-state index contributed by atoms with van der Waals surface area (Å²) in [5, 5.41) is 9.27. The van der Waals surface area contributed by atoms with E-state index in [0.29, 0.717) is 17.7 Å². The molecule has 3 aromatic rings. The lowest BCUT2D eigenvalue weighted by molar-refractivity contribution is 0.690. The van der Waals surface area contributed by atoms with E-state index in [1.807, 2.05) is 47.3 Å². The predicted octanol–water partition coefficient (Wildman–Crippen LogP) is 4.73. The van der Waals surface area contributed by atoms with Gasteiger partial charge in [-0.2, -0.15) is 5.10 Å². The molecule has 0 unspecified atom stereocenters. The van der Waals surface area contributed by atoms with Gasteiger partial charge in [0, 0.05) is 29.0 Å². The van der Waals surface area contributed by atoms with Crippen molar-refractivity contribution in [3.05, 3.63) is 76.9 Å². The largest absolute Gasteiger partial charge is 0.315 e. The Morgan fingerprint density at radius 3 is 2.77 bits per heavy atom. The second-order valence-corrected chi connectivity index (χ2v) is 7.33. The highest BCUT2D eigenvalue weighted by Crippen LogP contribution is 2.32. The Kier molecular flexibility index (Phi) is 4.66. The van der Waals surface area contributed by atoms with Gasteiger partial charge >= 0.3 is 0 Å². The molecule has 26 heavy (non-hydrogen) atoms. The fraction of sp³-hybridized carbons (Fsp3) is 0.200. The van der Waals surface area contributed by atoms with Crippen molar-refractivity contribution in [3.8, 4) is 0 Å². The Bertz CT molecular complexity index is 935. The molecule has 0 radical (unpaired) electrons. The van der Waals surface area contributed by atoms with Gasteiger partial charge in [0.1, 0.15) is 0 Å². The number of aromatic nitrogens is 2. The number of thiocarbonyl (C=S) groups is 1. The fourth-order valence-corrected chi connectivity index (χ4v) is 3.85. The standard InChI is InChI=1S/C20H19ClN4S/c1-14-12-16-4-2-3-5-18(16)25(14)20(26)22-19-10-11-24(23-19)13-15-6-8-17(21)9-7-15/h2-11,14H,12-13H2,1H3,(H,22,23,26)/t14-/m0/s1. The molecule has 0 bridgehead atoms. The Morgan fingerprint density at radius 1 is 1.19 bits per heavy atom. The maximum atomic E-state index is 5.93. The third-order valence-corrected chi connectivity index (χ3v) is 5.11. The molecular formula is C20H19ClN4S. The average molecular weight is 383 g/mol. The molecule has 4 rings (SSSR count). The van der Waals surface area contributed by atoms with Crippen molar-refractivity contribution in [3.63, 3.8) is 0 Å². The number of benzene rings is 2. The molecule has 0 spiro atoms. The number of nitrogens with zero attached hydrogens (tertiary/aromatic N) is 3. The number of nitrogens with one attached hydrogen (secondary N) is 1. The number of anilines is 2. The molecule has 0 amide bonds. The van der Waals surface area contributed by atoms with Crippen molar-refractivity contribution in [2.45, 2.75) is 25.9 Å². The van der Waals surface area contributed by atoms with Gasteiger partial charge in [-0.15, -0.1) is 0 Å². The molecule has 2 heterocycles. The first-order valence-corrected chi connectivity index (χ1v) is 9.35. The van der Waals surface area contributed by atoms with Crippen LogP contribution < -0.4 is 10.2 Å². The van der Waals surface area contributed by atoms with Gasteiger partial charge in [0.25, 0.3) is 0 Å². The molecule has 0 fully saturated rings. The topological polar surface area (TPSA) is 33.1 Å². The van der Waals surface area contributed by atoms with Crippen molar-refractivity contribution < 1.29 is 0 Å². The molecule has 0 aliphatic carbocycles. The molecule has 132 valence electrons. The van der Waals surface area contributed by atoms with Crippen molar-refractivity contribution in [2.24, 2.45) is 0 Å². The van der Waals surface area contributed by atoms with Gasteiger partial charge in [-0.1, -0.05) is 41.9 Å². The lowest BCUT2D eigenvalue weighted by Gasteiger charge is -2.25. The third-order valence-electron chi connectivity index (χ3n) is 4.56. The van der Waals surface area contributed by atoms with Crippen LogP contribution in [0.4, 0.5) is 11.5 Å². The number of para-hydroxylation sites is 1.